The zero-order valence-corrected chi connectivity index (χ0v) is 25.1. The lowest BCUT2D eigenvalue weighted by atomic mass is 9.94. The molecule has 200 valence electrons. The highest BCUT2D eigenvalue weighted by atomic mass is 79.9. The number of rotatable bonds is 11. The summed E-state index contributed by atoms with van der Waals surface area (Å²) in [6.45, 7) is 5.28. The molecule has 0 saturated carbocycles. The molecule has 1 N–H and O–H groups in total. The molecule has 4 rings (SSSR count). The lowest BCUT2D eigenvalue weighted by molar-refractivity contribution is -0.116. The van der Waals surface area contributed by atoms with E-state index in [0.29, 0.717) is 33.9 Å². The van der Waals surface area contributed by atoms with Crippen LogP contribution in [0.25, 0.3) is 10.4 Å². The van der Waals surface area contributed by atoms with Crippen LogP contribution in [0.3, 0.4) is 0 Å². The van der Waals surface area contributed by atoms with Crippen molar-refractivity contribution in [1.82, 2.24) is 0 Å². The molecule has 0 amide bonds. The second-order valence-corrected chi connectivity index (χ2v) is 12.4. The third-order valence-electron chi connectivity index (χ3n) is 6.37. The van der Waals surface area contributed by atoms with Gasteiger partial charge in [0.15, 0.2) is 11.6 Å². The van der Waals surface area contributed by atoms with Crippen LogP contribution < -0.4 is 0 Å². The van der Waals surface area contributed by atoms with Gasteiger partial charge in [-0.3, -0.25) is 19.4 Å². The van der Waals surface area contributed by atoms with Crippen molar-refractivity contribution in [1.29, 1.82) is 0 Å². The molecule has 0 fully saturated rings. The molecule has 1 atom stereocenters. The summed E-state index contributed by atoms with van der Waals surface area (Å²) < 4.78 is 0.962. The minimum Gasteiger partial charge on any atom is -0.506 e. The van der Waals surface area contributed by atoms with Crippen LogP contribution in [-0.4, -0.2) is 34.7 Å². The third kappa shape index (κ3) is 7.26. The monoisotopic (exact) mass is 621 g/mol. The van der Waals surface area contributed by atoms with Crippen molar-refractivity contribution in [3.63, 3.8) is 0 Å². The molecule has 0 radical (unpaired) electrons. The molecule has 4 aromatic rings. The summed E-state index contributed by atoms with van der Waals surface area (Å²) in [4.78, 5) is 43.2. The minimum atomic E-state index is -0.171. The van der Waals surface area contributed by atoms with Crippen LogP contribution in [0.4, 0.5) is 0 Å². The number of benzene rings is 2. The maximum absolute atomic E-state index is 12.9. The summed E-state index contributed by atoms with van der Waals surface area (Å²) in [5.41, 5.74) is 4.09. The van der Waals surface area contributed by atoms with Crippen LogP contribution in [0.15, 0.2) is 75.5 Å². The fraction of sp³-hybridized carbons (Fsp3) is 0.226. The van der Waals surface area contributed by atoms with Gasteiger partial charge in [-0.2, -0.15) is 0 Å². The number of hydrogen-bond acceptors (Lipinski definition) is 7. The van der Waals surface area contributed by atoms with E-state index in [1.54, 1.807) is 26.0 Å². The first-order valence-corrected chi connectivity index (χ1v) is 14.9. The number of ketones is 3. The highest BCUT2D eigenvalue weighted by molar-refractivity contribution is 9.10. The largest absolute Gasteiger partial charge is 0.506 e. The number of aromatic hydroxyl groups is 1. The molecule has 39 heavy (non-hydrogen) atoms. The van der Waals surface area contributed by atoms with E-state index in [4.69, 9.17) is 0 Å². The molecular weight excluding hydrogens is 594 g/mol. The summed E-state index contributed by atoms with van der Waals surface area (Å²) in [5.74, 6) is 0.101. The van der Waals surface area contributed by atoms with Crippen LogP contribution >= 0.6 is 38.6 Å². The average Bonchev–Trinajstić information content (AvgIpc) is 3.55. The molecule has 2 aromatic heterocycles. The first-order chi connectivity index (χ1) is 18.6. The van der Waals surface area contributed by atoms with Gasteiger partial charge in [0.2, 0.25) is 0 Å². The lowest BCUT2D eigenvalue weighted by Crippen LogP contribution is -2.05. The fourth-order valence-electron chi connectivity index (χ4n) is 4.15. The molecule has 0 saturated heterocycles. The van der Waals surface area contributed by atoms with Crippen molar-refractivity contribution in [2.24, 2.45) is 4.99 Å². The molecule has 0 bridgehead atoms. The van der Waals surface area contributed by atoms with Gasteiger partial charge in [0.05, 0.1) is 14.6 Å². The Bertz CT molecular complexity index is 1530. The van der Waals surface area contributed by atoms with Crippen molar-refractivity contribution in [3.05, 3.63) is 97.0 Å². The molecule has 2 heterocycles. The van der Waals surface area contributed by atoms with Gasteiger partial charge in [0, 0.05) is 34.0 Å². The van der Waals surface area contributed by atoms with E-state index in [1.165, 1.54) is 22.7 Å². The fourth-order valence-corrected chi connectivity index (χ4v) is 6.31. The number of nitrogens with zero attached hydrogens (tertiary/aromatic N) is 1. The molecule has 0 spiro atoms. The summed E-state index contributed by atoms with van der Waals surface area (Å²) in [7, 11) is 0. The SMILES string of the molecule is CC(=O)Cc1ccc(C(C)CC(=O)c2ccc(C(=O)CN=C(C)c3csc(-c4ccc(Br)cc4)c3O)s2)cc1. The number of halogens is 1. The van der Waals surface area contributed by atoms with Crippen molar-refractivity contribution in [2.75, 3.05) is 6.54 Å². The molecule has 2 aromatic carbocycles. The van der Waals surface area contributed by atoms with Gasteiger partial charge in [-0.15, -0.1) is 22.7 Å². The Kier molecular flexibility index (Phi) is 9.43. The predicted molar refractivity (Wildman–Crippen MR) is 163 cm³/mol. The zero-order chi connectivity index (χ0) is 28.1. The Morgan fingerprint density at radius 1 is 0.923 bits per heavy atom. The Morgan fingerprint density at radius 3 is 2.21 bits per heavy atom. The van der Waals surface area contributed by atoms with Gasteiger partial charge in [-0.05, 0) is 60.7 Å². The van der Waals surface area contributed by atoms with Crippen LogP contribution in [0.2, 0.25) is 0 Å². The highest BCUT2D eigenvalue weighted by Gasteiger charge is 2.18. The number of carbonyl (C=O) groups is 3. The van der Waals surface area contributed by atoms with E-state index >= 15 is 0 Å². The smallest absolute Gasteiger partial charge is 0.194 e. The summed E-state index contributed by atoms with van der Waals surface area (Å²) in [6, 6.07) is 18.9. The number of hydrogen-bond donors (Lipinski definition) is 1. The van der Waals surface area contributed by atoms with Crippen LogP contribution in [0.5, 0.6) is 5.75 Å². The van der Waals surface area contributed by atoms with E-state index < -0.39 is 0 Å². The van der Waals surface area contributed by atoms with Gasteiger partial charge in [-0.1, -0.05) is 59.3 Å². The first-order valence-electron chi connectivity index (χ1n) is 12.4. The first kappa shape index (κ1) is 28.8. The number of Topliss-reactive ketones (excluding diaryl/α,β-unsaturated/α-hetero) is 3. The van der Waals surface area contributed by atoms with E-state index in [2.05, 4.69) is 20.9 Å². The standard InChI is InChI=1S/C31H28BrNO4S2/c1-18(22-6-4-21(5-7-22)15-19(2)34)14-26(35)28-12-13-29(39-28)27(36)16-33-20(3)25-17-38-31(30(25)37)23-8-10-24(32)11-9-23/h4-13,17-18,37H,14-16H2,1-3H3. The molecular formula is C31H28BrNO4S2. The van der Waals surface area contributed by atoms with Crippen molar-refractivity contribution >= 4 is 61.7 Å². The highest BCUT2D eigenvalue weighted by Crippen LogP contribution is 2.39. The Labute approximate surface area is 244 Å². The van der Waals surface area contributed by atoms with Gasteiger partial charge in [-0.25, -0.2) is 0 Å². The zero-order valence-electron chi connectivity index (χ0n) is 21.9. The molecule has 0 aliphatic heterocycles. The van der Waals surface area contributed by atoms with Crippen LogP contribution in [0, 0.1) is 0 Å². The minimum absolute atomic E-state index is 0.0114. The van der Waals surface area contributed by atoms with E-state index in [-0.39, 0.29) is 35.6 Å². The Hall–Kier alpha value is -3.20. The molecule has 8 heteroatoms. The number of thiophene rings is 2. The van der Waals surface area contributed by atoms with Crippen molar-refractivity contribution < 1.29 is 19.5 Å². The topological polar surface area (TPSA) is 83.8 Å². The van der Waals surface area contributed by atoms with Gasteiger partial charge in [0.1, 0.15) is 18.1 Å². The van der Waals surface area contributed by atoms with E-state index in [9.17, 15) is 19.5 Å². The summed E-state index contributed by atoms with van der Waals surface area (Å²) >= 11 is 6.04. The summed E-state index contributed by atoms with van der Waals surface area (Å²) in [5, 5.41) is 12.6. The normalized spacial score (nSPS) is 12.4. The van der Waals surface area contributed by atoms with Gasteiger partial charge >= 0.3 is 0 Å². The van der Waals surface area contributed by atoms with Gasteiger partial charge < -0.3 is 5.11 Å². The van der Waals surface area contributed by atoms with E-state index in [0.717, 1.165) is 26.0 Å². The molecule has 0 aliphatic rings. The van der Waals surface area contributed by atoms with Crippen LogP contribution in [0.1, 0.15) is 69.1 Å². The molecule has 1 unspecified atom stereocenters. The van der Waals surface area contributed by atoms with E-state index in [1.807, 2.05) is 60.8 Å². The van der Waals surface area contributed by atoms with Crippen molar-refractivity contribution in [2.45, 2.75) is 39.5 Å². The average molecular weight is 623 g/mol. The van der Waals surface area contributed by atoms with Crippen LogP contribution in [-0.2, 0) is 11.2 Å². The summed E-state index contributed by atoms with van der Waals surface area (Å²) in [6.07, 6.45) is 0.736. The van der Waals surface area contributed by atoms with Gasteiger partial charge in [0.25, 0.3) is 0 Å². The Balaban J connectivity index is 1.37. The second kappa shape index (κ2) is 12.8. The maximum atomic E-state index is 12.9. The second-order valence-electron chi connectivity index (χ2n) is 9.47. The van der Waals surface area contributed by atoms with Crippen molar-refractivity contribution in [3.8, 4) is 16.2 Å². The number of carbonyl (C=O) groups excluding carboxylic acids is 3. The third-order valence-corrected chi connectivity index (χ3v) is 9.08. The molecule has 0 aliphatic carbocycles. The quantitative estimate of drug-likeness (QED) is 0.135. The predicted octanol–water partition coefficient (Wildman–Crippen LogP) is 8.14. The number of aliphatic imine (C=N–C) groups is 1. The molecule has 5 nitrogen and oxygen atoms in total. The maximum Gasteiger partial charge on any atom is 0.194 e. The Morgan fingerprint density at radius 2 is 1.56 bits per heavy atom. The lowest BCUT2D eigenvalue weighted by Gasteiger charge is -2.11.